The van der Waals surface area contributed by atoms with Crippen LogP contribution in [0.4, 0.5) is 25.3 Å². The second-order valence-electron chi connectivity index (χ2n) is 7.85. The van der Waals surface area contributed by atoms with Crippen LogP contribution in [-0.4, -0.2) is 56.2 Å². The minimum Gasteiger partial charge on any atom is -0.375 e. The van der Waals surface area contributed by atoms with Gasteiger partial charge in [-0.15, -0.1) is 10.2 Å². The van der Waals surface area contributed by atoms with E-state index in [1.54, 1.807) is 0 Å². The van der Waals surface area contributed by atoms with Crippen LogP contribution in [0.3, 0.4) is 0 Å². The lowest BCUT2D eigenvalue weighted by Crippen LogP contribution is -2.42. The first-order valence-corrected chi connectivity index (χ1v) is 12.4. The molecule has 0 spiro atoms. The zero-order chi connectivity index (χ0) is 23.8. The Kier molecular flexibility index (Phi) is 6.32. The topological polar surface area (TPSA) is 144 Å². The van der Waals surface area contributed by atoms with Gasteiger partial charge in [0.05, 0.1) is 29.4 Å². The van der Waals surface area contributed by atoms with Crippen LogP contribution in [0.25, 0.3) is 0 Å². The summed E-state index contributed by atoms with van der Waals surface area (Å²) in [7, 11) is -4.09. The second-order valence-corrected chi connectivity index (χ2v) is 10.5. The molecule has 0 unspecified atom stereocenters. The molecule has 14 heteroatoms. The molecule has 1 aliphatic carbocycles. The Labute approximate surface area is 193 Å². The summed E-state index contributed by atoms with van der Waals surface area (Å²) in [5.41, 5.74) is -0.101. The van der Waals surface area contributed by atoms with Crippen LogP contribution in [0.2, 0.25) is 0 Å². The molecule has 0 bridgehead atoms. The van der Waals surface area contributed by atoms with Crippen LogP contribution in [0.15, 0.2) is 17.0 Å². The number of aromatic nitrogens is 2. The number of sulfonamides is 1. The third-order valence-corrected chi connectivity index (χ3v) is 7.69. The average Bonchev–Trinajstić information content (AvgIpc) is 3.37. The van der Waals surface area contributed by atoms with Gasteiger partial charge in [-0.25, -0.2) is 17.2 Å². The summed E-state index contributed by atoms with van der Waals surface area (Å²) in [6.45, 7) is 3.24. The highest BCUT2D eigenvalue weighted by atomic mass is 32.2. The number of nitriles is 1. The molecular weight excluding hydrogens is 476 g/mol. The maximum absolute atomic E-state index is 13.1. The van der Waals surface area contributed by atoms with Crippen molar-refractivity contribution in [1.29, 1.82) is 10.7 Å². The lowest BCUT2D eigenvalue weighted by atomic mass is 10.1. The summed E-state index contributed by atoms with van der Waals surface area (Å²) in [4.78, 5) is 1.78. The number of halogens is 2. The Bertz CT molecular complexity index is 1210. The van der Waals surface area contributed by atoms with Crippen molar-refractivity contribution in [2.45, 2.75) is 42.7 Å². The number of morpholine rings is 1. The maximum Gasteiger partial charge on any atom is 0.291 e. The van der Waals surface area contributed by atoms with Crippen molar-refractivity contribution >= 4 is 44.1 Å². The molecule has 10 nitrogen and oxygen atoms in total. The van der Waals surface area contributed by atoms with Crippen molar-refractivity contribution in [3.05, 3.63) is 22.7 Å². The number of benzene rings is 1. The van der Waals surface area contributed by atoms with Crippen LogP contribution in [0, 0.1) is 16.7 Å². The second kappa shape index (κ2) is 8.90. The zero-order valence-corrected chi connectivity index (χ0v) is 19.1. The number of anilines is 3. The molecule has 3 N–H and O–H groups in total. The van der Waals surface area contributed by atoms with E-state index in [-0.39, 0.29) is 21.8 Å². The molecule has 1 saturated carbocycles. The van der Waals surface area contributed by atoms with E-state index < -0.39 is 27.0 Å². The fraction of sp³-hybridized carbons (Fsp3) is 0.474. The summed E-state index contributed by atoms with van der Waals surface area (Å²) in [5, 5.41) is 26.8. The first kappa shape index (κ1) is 23.4. The molecule has 2 fully saturated rings. The monoisotopic (exact) mass is 497 g/mol. The van der Waals surface area contributed by atoms with Crippen LogP contribution in [0.1, 0.15) is 36.8 Å². The summed E-state index contributed by atoms with van der Waals surface area (Å²) in [6, 6.07) is 4.74. The third-order valence-electron chi connectivity index (χ3n) is 5.33. The lowest BCUT2D eigenvalue weighted by molar-refractivity contribution is 0.0532. The summed E-state index contributed by atoms with van der Waals surface area (Å²) in [6.07, 6.45) is -1.00. The quantitative estimate of drug-likeness (QED) is 0.472. The Balaban J connectivity index is 1.79. The average molecular weight is 498 g/mol. The number of nitrogens with one attached hydrogen (secondary N) is 3. The minimum absolute atomic E-state index is 0.0351. The Morgan fingerprint density at radius 3 is 2.76 bits per heavy atom. The minimum atomic E-state index is -4.09. The molecule has 2 aromatic rings. The molecule has 4 rings (SSSR count). The van der Waals surface area contributed by atoms with Gasteiger partial charge in [0.2, 0.25) is 15.2 Å². The van der Waals surface area contributed by atoms with Crippen molar-refractivity contribution < 1.29 is 21.9 Å². The predicted molar refractivity (Wildman–Crippen MR) is 118 cm³/mol. The number of hydrogen-bond donors (Lipinski definition) is 3. The van der Waals surface area contributed by atoms with Crippen LogP contribution < -0.4 is 14.9 Å². The van der Waals surface area contributed by atoms with Gasteiger partial charge in [0.1, 0.15) is 5.54 Å². The first-order chi connectivity index (χ1) is 15.7. The molecule has 1 atom stereocenters. The van der Waals surface area contributed by atoms with Gasteiger partial charge in [-0.1, -0.05) is 11.3 Å². The molecule has 33 heavy (non-hydrogen) atoms. The lowest BCUT2D eigenvalue weighted by Gasteiger charge is -2.34. The molecule has 1 aromatic carbocycles. The van der Waals surface area contributed by atoms with Crippen molar-refractivity contribution in [2.75, 3.05) is 29.9 Å². The van der Waals surface area contributed by atoms with E-state index in [9.17, 15) is 22.5 Å². The van der Waals surface area contributed by atoms with Gasteiger partial charge in [-0.2, -0.15) is 9.98 Å². The number of nitrogens with zero attached hydrogens (tertiary/aromatic N) is 4. The molecule has 2 heterocycles. The van der Waals surface area contributed by atoms with Crippen LogP contribution >= 0.6 is 11.3 Å². The summed E-state index contributed by atoms with van der Waals surface area (Å²) >= 11 is 0.634. The number of rotatable bonds is 8. The maximum atomic E-state index is 13.1. The SMILES string of the molecule is C[C@@H]1CN(c2cc(S(=O)(=O)NC3(C#N)CC3)cc(Nc3nnc(C(F)F)s3)c2C=N)CCO1. The van der Waals surface area contributed by atoms with Crippen molar-refractivity contribution in [2.24, 2.45) is 0 Å². The zero-order valence-electron chi connectivity index (χ0n) is 17.5. The van der Waals surface area contributed by atoms with Gasteiger partial charge < -0.3 is 20.4 Å². The van der Waals surface area contributed by atoms with E-state index in [0.29, 0.717) is 55.1 Å². The normalized spacial score (nSPS) is 19.8. The van der Waals surface area contributed by atoms with Crippen LogP contribution in [0.5, 0.6) is 0 Å². The van der Waals surface area contributed by atoms with E-state index in [1.165, 1.54) is 12.1 Å². The molecule has 176 valence electrons. The molecular formula is C19H21F2N7O3S2. The highest BCUT2D eigenvalue weighted by Crippen LogP contribution is 2.38. The number of ether oxygens (including phenoxy) is 1. The van der Waals surface area contributed by atoms with Crippen molar-refractivity contribution in [3.8, 4) is 6.07 Å². The van der Waals surface area contributed by atoms with Crippen LogP contribution in [-0.2, 0) is 14.8 Å². The largest absolute Gasteiger partial charge is 0.375 e. The van der Waals surface area contributed by atoms with E-state index in [0.717, 1.165) is 6.21 Å². The van der Waals surface area contributed by atoms with Gasteiger partial charge in [0.25, 0.3) is 6.43 Å². The van der Waals surface area contributed by atoms with E-state index >= 15 is 0 Å². The fourth-order valence-electron chi connectivity index (χ4n) is 3.49. The van der Waals surface area contributed by atoms with Gasteiger partial charge in [-0.3, -0.25) is 0 Å². The van der Waals surface area contributed by atoms with Gasteiger partial charge in [0.15, 0.2) is 5.01 Å². The molecule has 0 amide bonds. The Hall–Kier alpha value is -2.73. The molecule has 0 radical (unpaired) electrons. The Morgan fingerprint density at radius 1 is 1.42 bits per heavy atom. The highest BCUT2D eigenvalue weighted by Gasteiger charge is 2.47. The van der Waals surface area contributed by atoms with E-state index in [2.05, 4.69) is 20.2 Å². The Morgan fingerprint density at radius 2 is 2.18 bits per heavy atom. The smallest absolute Gasteiger partial charge is 0.291 e. The van der Waals surface area contributed by atoms with E-state index in [4.69, 9.17) is 10.1 Å². The summed E-state index contributed by atoms with van der Waals surface area (Å²) < 4.78 is 60.2. The molecule has 2 aliphatic rings. The van der Waals surface area contributed by atoms with Gasteiger partial charge in [0, 0.05) is 30.6 Å². The number of hydrogen-bond acceptors (Lipinski definition) is 10. The number of alkyl halides is 2. The first-order valence-electron chi connectivity index (χ1n) is 10.1. The molecule has 1 aromatic heterocycles. The van der Waals surface area contributed by atoms with Gasteiger partial charge in [-0.05, 0) is 31.9 Å². The van der Waals surface area contributed by atoms with Crippen molar-refractivity contribution in [3.63, 3.8) is 0 Å². The third kappa shape index (κ3) is 4.96. The summed E-state index contributed by atoms with van der Waals surface area (Å²) in [5.74, 6) is 0. The van der Waals surface area contributed by atoms with E-state index in [1.807, 2.05) is 17.9 Å². The molecule has 1 saturated heterocycles. The highest BCUT2D eigenvalue weighted by molar-refractivity contribution is 7.89. The molecule has 1 aliphatic heterocycles. The fourth-order valence-corrected chi connectivity index (χ4v) is 5.52. The predicted octanol–water partition coefficient (Wildman–Crippen LogP) is 2.78. The van der Waals surface area contributed by atoms with Gasteiger partial charge >= 0.3 is 0 Å². The standard InChI is InChI=1S/C19H21F2N7O3S2/c1-11-9-28(4-5-31-11)15-7-12(33(29,30)27-19(10-23)2-3-19)6-14(13(15)8-22)24-18-26-25-17(32-18)16(20)21/h6-8,11,16,22,27H,2-5,9H2,1H3,(H,24,26)/t11-/m1/s1. The van der Waals surface area contributed by atoms with Crippen molar-refractivity contribution in [1.82, 2.24) is 14.9 Å².